The summed E-state index contributed by atoms with van der Waals surface area (Å²) in [4.78, 5) is 8.89. The maximum absolute atomic E-state index is 4.44. The second-order valence-corrected chi connectivity index (χ2v) is 11.5. The Kier molecular flexibility index (Phi) is 4.93. The van der Waals surface area contributed by atoms with E-state index in [0.717, 1.165) is 38.9 Å². The summed E-state index contributed by atoms with van der Waals surface area (Å²) in [6.07, 6.45) is 7.62. The number of hydrogen-bond donors (Lipinski definition) is 0. The van der Waals surface area contributed by atoms with E-state index in [0.29, 0.717) is 0 Å². The minimum atomic E-state index is 1.10. The van der Waals surface area contributed by atoms with Crippen LogP contribution in [0.4, 0.5) is 0 Å². The minimum Gasteiger partial charge on any atom is -0.309 e. The van der Waals surface area contributed by atoms with Crippen molar-refractivity contribution >= 4 is 65.4 Å². The Morgan fingerprint density at radius 1 is 0.356 bits per heavy atom. The highest BCUT2D eigenvalue weighted by Crippen LogP contribution is 2.43. The minimum absolute atomic E-state index is 1.10. The second kappa shape index (κ2) is 9.15. The molecule has 0 aliphatic carbocycles. The first-order valence-electron chi connectivity index (χ1n) is 15.2. The van der Waals surface area contributed by atoms with Crippen LogP contribution in [0.3, 0.4) is 0 Å². The van der Waals surface area contributed by atoms with Crippen LogP contribution < -0.4 is 0 Å². The molecule has 10 aromatic rings. The molecule has 0 unspecified atom stereocenters. The molecule has 45 heavy (non-hydrogen) atoms. The van der Waals surface area contributed by atoms with Crippen LogP contribution in [0.1, 0.15) is 0 Å². The van der Waals surface area contributed by atoms with Gasteiger partial charge >= 0.3 is 0 Å². The first kappa shape index (κ1) is 24.3. The lowest BCUT2D eigenvalue weighted by Crippen LogP contribution is -1.95. The number of aromatic nitrogens is 5. The van der Waals surface area contributed by atoms with Gasteiger partial charge in [-0.15, -0.1) is 0 Å². The van der Waals surface area contributed by atoms with E-state index in [2.05, 4.69) is 151 Å². The van der Waals surface area contributed by atoms with Gasteiger partial charge in [-0.25, -0.2) is 0 Å². The smallest absolute Gasteiger partial charge is 0.0641 e. The number of benzene rings is 5. The Hall–Kier alpha value is -6.20. The van der Waals surface area contributed by atoms with Gasteiger partial charge in [0.1, 0.15) is 0 Å². The topological polar surface area (TPSA) is 40.6 Å². The van der Waals surface area contributed by atoms with E-state index in [-0.39, 0.29) is 0 Å². The van der Waals surface area contributed by atoms with E-state index in [1.54, 1.807) is 0 Å². The van der Waals surface area contributed by atoms with E-state index >= 15 is 0 Å². The Balaban J connectivity index is 1.42. The Morgan fingerprint density at radius 3 is 1.62 bits per heavy atom. The van der Waals surface area contributed by atoms with Crippen LogP contribution in [0.15, 0.2) is 152 Å². The van der Waals surface area contributed by atoms with Gasteiger partial charge in [0, 0.05) is 74.2 Å². The van der Waals surface area contributed by atoms with Crippen molar-refractivity contribution in [1.82, 2.24) is 23.7 Å². The van der Waals surface area contributed by atoms with Gasteiger partial charge in [0.25, 0.3) is 0 Å². The van der Waals surface area contributed by atoms with Crippen molar-refractivity contribution in [2.45, 2.75) is 0 Å². The maximum atomic E-state index is 4.44. The van der Waals surface area contributed by atoms with Crippen LogP contribution in [0, 0.1) is 0 Å². The summed E-state index contributed by atoms with van der Waals surface area (Å²) in [6.45, 7) is 0. The molecule has 5 nitrogen and oxygen atoms in total. The molecule has 5 aromatic carbocycles. The number of fused-ring (bicyclic) bond motifs is 10. The van der Waals surface area contributed by atoms with E-state index in [1.807, 2.05) is 24.8 Å². The zero-order valence-corrected chi connectivity index (χ0v) is 24.2. The Morgan fingerprint density at radius 2 is 0.911 bits per heavy atom. The molecule has 0 aliphatic rings. The van der Waals surface area contributed by atoms with Crippen LogP contribution in [0.5, 0.6) is 0 Å². The van der Waals surface area contributed by atoms with Gasteiger partial charge in [-0.1, -0.05) is 60.7 Å². The van der Waals surface area contributed by atoms with Gasteiger partial charge in [-0.2, -0.15) is 0 Å². The van der Waals surface area contributed by atoms with E-state index in [1.165, 1.54) is 43.6 Å². The SMILES string of the molecule is c1ccc(-n2c3ccc(-n4c5ccncc5c5cnccc54)cc3c3c2ccc2c4ccccc4n(-c4ccccc4)c23)cc1. The zero-order chi connectivity index (χ0) is 29.5. The fourth-order valence-corrected chi connectivity index (χ4v) is 7.37. The van der Waals surface area contributed by atoms with Crippen LogP contribution in [-0.4, -0.2) is 23.7 Å². The average Bonchev–Trinajstić information content (AvgIpc) is 3.74. The van der Waals surface area contributed by atoms with Gasteiger partial charge in [0.15, 0.2) is 0 Å². The van der Waals surface area contributed by atoms with Crippen molar-refractivity contribution in [3.63, 3.8) is 0 Å². The highest BCUT2D eigenvalue weighted by Gasteiger charge is 2.22. The molecule has 5 heteroatoms. The van der Waals surface area contributed by atoms with Crippen LogP contribution in [0.25, 0.3) is 82.5 Å². The predicted molar refractivity (Wildman–Crippen MR) is 185 cm³/mol. The molecule has 0 N–H and O–H groups in total. The fraction of sp³-hybridized carbons (Fsp3) is 0. The molecule has 5 heterocycles. The third kappa shape index (κ3) is 3.32. The van der Waals surface area contributed by atoms with Gasteiger partial charge < -0.3 is 13.7 Å². The average molecular weight is 576 g/mol. The molecule has 5 aromatic heterocycles. The lowest BCUT2D eigenvalue weighted by molar-refractivity contribution is 1.16. The zero-order valence-electron chi connectivity index (χ0n) is 24.2. The van der Waals surface area contributed by atoms with E-state index in [4.69, 9.17) is 0 Å². The number of pyridine rings is 2. The first-order valence-corrected chi connectivity index (χ1v) is 15.2. The number of para-hydroxylation sites is 3. The largest absolute Gasteiger partial charge is 0.309 e. The highest BCUT2D eigenvalue weighted by molar-refractivity contribution is 6.26. The summed E-state index contributed by atoms with van der Waals surface area (Å²) < 4.78 is 7.18. The van der Waals surface area contributed by atoms with Crippen molar-refractivity contribution in [3.05, 3.63) is 152 Å². The van der Waals surface area contributed by atoms with Crippen molar-refractivity contribution in [3.8, 4) is 17.1 Å². The molecule has 0 amide bonds. The summed E-state index contributed by atoms with van der Waals surface area (Å²) in [5.41, 5.74) is 10.4. The molecule has 0 saturated carbocycles. The third-order valence-electron chi connectivity index (χ3n) is 9.20. The van der Waals surface area contributed by atoms with Crippen molar-refractivity contribution in [2.24, 2.45) is 0 Å². The van der Waals surface area contributed by atoms with Gasteiger partial charge in [-0.05, 0) is 66.7 Å². The summed E-state index contributed by atoms with van der Waals surface area (Å²) in [6, 6.07) is 45.8. The monoisotopic (exact) mass is 575 g/mol. The third-order valence-corrected chi connectivity index (χ3v) is 9.20. The van der Waals surface area contributed by atoms with Crippen molar-refractivity contribution in [2.75, 3.05) is 0 Å². The predicted octanol–water partition coefficient (Wildman–Crippen LogP) is 9.77. The molecule has 210 valence electrons. The molecule has 0 fully saturated rings. The fourth-order valence-electron chi connectivity index (χ4n) is 7.37. The maximum Gasteiger partial charge on any atom is 0.0641 e. The molecular formula is C40H25N5. The van der Waals surface area contributed by atoms with Crippen molar-refractivity contribution < 1.29 is 0 Å². The molecule has 0 aliphatic heterocycles. The molecule has 0 bridgehead atoms. The molecule has 0 saturated heterocycles. The second-order valence-electron chi connectivity index (χ2n) is 11.5. The molecule has 0 atom stereocenters. The lowest BCUT2D eigenvalue weighted by Gasteiger charge is -2.10. The van der Waals surface area contributed by atoms with Gasteiger partial charge in [0.2, 0.25) is 0 Å². The number of hydrogen-bond acceptors (Lipinski definition) is 2. The van der Waals surface area contributed by atoms with E-state index in [9.17, 15) is 0 Å². The highest BCUT2D eigenvalue weighted by atomic mass is 15.0. The number of rotatable bonds is 3. The summed E-state index contributed by atoms with van der Waals surface area (Å²) in [5, 5.41) is 7.12. The number of nitrogens with zero attached hydrogens (tertiary/aromatic N) is 5. The summed E-state index contributed by atoms with van der Waals surface area (Å²) in [5.74, 6) is 0. The Bertz CT molecular complexity index is 2700. The van der Waals surface area contributed by atoms with Crippen LogP contribution in [0.2, 0.25) is 0 Å². The first-order chi connectivity index (χ1) is 22.4. The lowest BCUT2D eigenvalue weighted by atomic mass is 10.1. The van der Waals surface area contributed by atoms with Gasteiger partial charge in [0.05, 0.1) is 33.1 Å². The standard InChI is InChI=1S/C40H25N5/c1-3-9-26(10-4-1)43-35-17-15-28(44-36-19-21-41-24-32(36)33-25-42-22-20-37(33)44)23-31(35)39-38(43)18-16-30-29-13-7-8-14-34(29)45(40(30)39)27-11-5-2-6-12-27/h1-25H. The molecule has 0 spiro atoms. The van der Waals surface area contributed by atoms with Crippen molar-refractivity contribution in [1.29, 1.82) is 0 Å². The summed E-state index contributed by atoms with van der Waals surface area (Å²) >= 11 is 0. The molecule has 10 rings (SSSR count). The van der Waals surface area contributed by atoms with Gasteiger partial charge in [-0.3, -0.25) is 9.97 Å². The van der Waals surface area contributed by atoms with Crippen LogP contribution in [-0.2, 0) is 0 Å². The normalized spacial score (nSPS) is 12.0. The molecular weight excluding hydrogens is 550 g/mol. The van der Waals surface area contributed by atoms with Crippen LogP contribution >= 0.6 is 0 Å². The summed E-state index contributed by atoms with van der Waals surface area (Å²) in [7, 11) is 0. The Labute approximate surface area is 257 Å². The quantitative estimate of drug-likeness (QED) is 0.210. The molecule has 0 radical (unpaired) electrons. The van der Waals surface area contributed by atoms with E-state index < -0.39 is 0 Å².